The maximum absolute atomic E-state index is 12.1. The topological polar surface area (TPSA) is 55.1 Å². The van der Waals surface area contributed by atoms with Crippen molar-refractivity contribution in [3.63, 3.8) is 0 Å². The molecule has 1 aliphatic heterocycles. The average molecular weight is 274 g/mol. The molecule has 19 heavy (non-hydrogen) atoms. The lowest BCUT2D eigenvalue weighted by molar-refractivity contribution is 0.0897. The molecule has 0 radical (unpaired) electrons. The Morgan fingerprint density at radius 1 is 1.47 bits per heavy atom. The van der Waals surface area contributed by atoms with Crippen LogP contribution in [0.3, 0.4) is 0 Å². The van der Waals surface area contributed by atoms with E-state index in [2.05, 4.69) is 22.6 Å². The van der Waals surface area contributed by atoms with Crippen LogP contribution in [0.5, 0.6) is 0 Å². The minimum atomic E-state index is -0.202. The number of aryl methyl sites for hydroxylation is 1. The van der Waals surface area contributed by atoms with Crippen LogP contribution in [0.2, 0.25) is 0 Å². The van der Waals surface area contributed by atoms with Crippen molar-refractivity contribution in [3.05, 3.63) is 47.3 Å². The summed E-state index contributed by atoms with van der Waals surface area (Å²) in [5.74, 6) is 1.08. The van der Waals surface area contributed by atoms with Crippen LogP contribution in [-0.2, 0) is 0 Å². The highest BCUT2D eigenvalue weighted by Crippen LogP contribution is 2.35. The molecule has 0 spiro atoms. The van der Waals surface area contributed by atoms with Gasteiger partial charge >= 0.3 is 0 Å². The highest BCUT2D eigenvalue weighted by atomic mass is 32.2. The van der Waals surface area contributed by atoms with Gasteiger partial charge in [-0.1, -0.05) is 23.4 Å². The average Bonchev–Trinajstić information content (AvgIpc) is 2.86. The van der Waals surface area contributed by atoms with Crippen molar-refractivity contribution in [2.45, 2.75) is 24.3 Å². The summed E-state index contributed by atoms with van der Waals surface area (Å²) in [7, 11) is 0. The molecule has 0 saturated carbocycles. The minimum absolute atomic E-state index is 0.0513. The number of benzene rings is 1. The molecule has 1 aromatic heterocycles. The van der Waals surface area contributed by atoms with Gasteiger partial charge < -0.3 is 9.84 Å². The van der Waals surface area contributed by atoms with Gasteiger partial charge in [0, 0.05) is 16.7 Å². The Balaban J connectivity index is 1.79. The van der Waals surface area contributed by atoms with Crippen LogP contribution >= 0.6 is 11.8 Å². The monoisotopic (exact) mass is 274 g/mol. The first-order valence-corrected chi connectivity index (χ1v) is 7.18. The molecule has 0 saturated heterocycles. The predicted molar refractivity (Wildman–Crippen MR) is 73.2 cm³/mol. The molecule has 5 heteroatoms. The molecule has 98 valence electrons. The van der Waals surface area contributed by atoms with Gasteiger partial charge in [0.2, 0.25) is 5.76 Å². The highest BCUT2D eigenvalue weighted by Gasteiger charge is 2.23. The number of thioether (sulfide) groups is 1. The summed E-state index contributed by atoms with van der Waals surface area (Å²) < 4.78 is 4.99. The van der Waals surface area contributed by atoms with E-state index in [-0.39, 0.29) is 17.7 Å². The number of hydrogen-bond acceptors (Lipinski definition) is 4. The molecule has 2 aromatic rings. The molecule has 1 unspecified atom stereocenters. The lowest BCUT2D eigenvalue weighted by Gasteiger charge is -2.25. The van der Waals surface area contributed by atoms with E-state index in [1.165, 1.54) is 10.5 Å². The molecule has 0 fully saturated rings. The molecule has 1 aliphatic rings. The second-order valence-corrected chi connectivity index (χ2v) is 5.67. The first kappa shape index (κ1) is 12.3. The standard InChI is InChI=1S/C14H14N2O2S/c1-9-8-12(18-16-9)14(17)15-11-6-7-19-13-5-3-2-4-10(11)13/h2-5,8,11H,6-7H2,1H3,(H,15,17). The fourth-order valence-corrected chi connectivity index (χ4v) is 3.32. The van der Waals surface area contributed by atoms with Crippen molar-refractivity contribution in [2.75, 3.05) is 5.75 Å². The van der Waals surface area contributed by atoms with E-state index in [9.17, 15) is 4.79 Å². The van der Waals surface area contributed by atoms with Crippen LogP contribution < -0.4 is 5.32 Å². The third-order valence-corrected chi connectivity index (χ3v) is 4.24. The summed E-state index contributed by atoms with van der Waals surface area (Å²) in [5.41, 5.74) is 1.90. The van der Waals surface area contributed by atoms with E-state index in [1.807, 2.05) is 23.9 Å². The maximum Gasteiger partial charge on any atom is 0.290 e. The van der Waals surface area contributed by atoms with Crippen molar-refractivity contribution >= 4 is 17.7 Å². The highest BCUT2D eigenvalue weighted by molar-refractivity contribution is 7.99. The van der Waals surface area contributed by atoms with Gasteiger partial charge in [-0.2, -0.15) is 0 Å². The van der Waals surface area contributed by atoms with Crippen LogP contribution in [0.25, 0.3) is 0 Å². The van der Waals surface area contributed by atoms with Crippen LogP contribution in [0.4, 0.5) is 0 Å². The second-order valence-electron chi connectivity index (χ2n) is 4.53. The Kier molecular flexibility index (Phi) is 3.29. The van der Waals surface area contributed by atoms with Crippen molar-refractivity contribution in [2.24, 2.45) is 0 Å². The fourth-order valence-electron chi connectivity index (χ4n) is 2.19. The van der Waals surface area contributed by atoms with E-state index in [4.69, 9.17) is 4.52 Å². The maximum atomic E-state index is 12.1. The summed E-state index contributed by atoms with van der Waals surface area (Å²) in [5, 5.41) is 6.75. The fraction of sp³-hybridized carbons (Fsp3) is 0.286. The molecular formula is C14H14N2O2S. The van der Waals surface area contributed by atoms with Crippen molar-refractivity contribution in [3.8, 4) is 0 Å². The number of nitrogens with zero attached hydrogens (tertiary/aromatic N) is 1. The van der Waals surface area contributed by atoms with Gasteiger partial charge in [0.1, 0.15) is 0 Å². The first-order chi connectivity index (χ1) is 9.24. The summed E-state index contributed by atoms with van der Waals surface area (Å²) in [6, 6.07) is 9.89. The molecule has 3 rings (SSSR count). The lowest BCUT2D eigenvalue weighted by atomic mass is 10.0. The smallest absolute Gasteiger partial charge is 0.290 e. The molecule has 1 atom stereocenters. The SMILES string of the molecule is Cc1cc(C(=O)NC2CCSc3ccccc32)on1. The number of nitrogens with one attached hydrogen (secondary N) is 1. The number of rotatable bonds is 2. The van der Waals surface area contributed by atoms with Gasteiger partial charge in [-0.15, -0.1) is 11.8 Å². The second kappa shape index (κ2) is 5.09. The zero-order chi connectivity index (χ0) is 13.2. The molecule has 1 N–H and O–H groups in total. The molecule has 1 aromatic carbocycles. The number of amides is 1. The van der Waals surface area contributed by atoms with E-state index in [0.29, 0.717) is 5.69 Å². The number of aromatic nitrogens is 1. The van der Waals surface area contributed by atoms with E-state index >= 15 is 0 Å². The molecule has 1 amide bonds. The van der Waals surface area contributed by atoms with Crippen LogP contribution in [-0.4, -0.2) is 16.8 Å². The first-order valence-electron chi connectivity index (χ1n) is 6.20. The number of hydrogen-bond donors (Lipinski definition) is 1. The van der Waals surface area contributed by atoms with Gasteiger partial charge in [-0.3, -0.25) is 4.79 Å². The molecule has 0 aliphatic carbocycles. The van der Waals surface area contributed by atoms with Crippen LogP contribution in [0.15, 0.2) is 39.8 Å². The van der Waals surface area contributed by atoms with Crippen LogP contribution in [0.1, 0.15) is 34.3 Å². The zero-order valence-electron chi connectivity index (χ0n) is 10.6. The van der Waals surface area contributed by atoms with Gasteiger partial charge in [-0.25, -0.2) is 0 Å². The Hall–Kier alpha value is -1.75. The Morgan fingerprint density at radius 3 is 3.11 bits per heavy atom. The zero-order valence-corrected chi connectivity index (χ0v) is 11.4. The van der Waals surface area contributed by atoms with Crippen molar-refractivity contribution in [1.82, 2.24) is 10.5 Å². The largest absolute Gasteiger partial charge is 0.351 e. The van der Waals surface area contributed by atoms with E-state index in [0.717, 1.165) is 12.2 Å². The van der Waals surface area contributed by atoms with Crippen molar-refractivity contribution in [1.29, 1.82) is 0 Å². The normalized spacial score (nSPS) is 17.8. The van der Waals surface area contributed by atoms with Gasteiger partial charge in [-0.05, 0) is 25.0 Å². The third-order valence-electron chi connectivity index (χ3n) is 3.12. The molecule has 2 heterocycles. The van der Waals surface area contributed by atoms with Crippen molar-refractivity contribution < 1.29 is 9.32 Å². The third kappa shape index (κ3) is 2.51. The summed E-state index contributed by atoms with van der Waals surface area (Å²) in [6.07, 6.45) is 0.931. The molecule has 0 bridgehead atoms. The number of fused-ring (bicyclic) bond motifs is 1. The Bertz CT molecular complexity index is 609. The van der Waals surface area contributed by atoms with Crippen LogP contribution in [0, 0.1) is 6.92 Å². The number of carbonyl (C=O) groups is 1. The number of carbonyl (C=O) groups excluding carboxylic acids is 1. The van der Waals surface area contributed by atoms with Gasteiger partial charge in [0.05, 0.1) is 11.7 Å². The van der Waals surface area contributed by atoms with E-state index < -0.39 is 0 Å². The Labute approximate surface area is 115 Å². The summed E-state index contributed by atoms with van der Waals surface area (Å²) in [4.78, 5) is 13.3. The summed E-state index contributed by atoms with van der Waals surface area (Å²) >= 11 is 1.83. The molecular weight excluding hydrogens is 260 g/mol. The summed E-state index contributed by atoms with van der Waals surface area (Å²) in [6.45, 7) is 1.80. The molecule has 4 nitrogen and oxygen atoms in total. The Morgan fingerprint density at radius 2 is 2.32 bits per heavy atom. The predicted octanol–water partition coefficient (Wildman–Crippen LogP) is 2.95. The van der Waals surface area contributed by atoms with Gasteiger partial charge in [0.25, 0.3) is 5.91 Å². The quantitative estimate of drug-likeness (QED) is 0.914. The minimum Gasteiger partial charge on any atom is -0.351 e. The lowest BCUT2D eigenvalue weighted by Crippen LogP contribution is -2.30. The van der Waals surface area contributed by atoms with E-state index in [1.54, 1.807) is 13.0 Å². The van der Waals surface area contributed by atoms with Gasteiger partial charge in [0.15, 0.2) is 0 Å².